The van der Waals surface area contributed by atoms with E-state index in [4.69, 9.17) is 10.5 Å². The minimum Gasteiger partial charge on any atom is -0.462 e. The fraction of sp³-hybridized carbons (Fsp3) is 0.214. The highest BCUT2D eigenvalue weighted by atomic mass is 16.5. The molecular formula is C14H16N2O2. The summed E-state index contributed by atoms with van der Waals surface area (Å²) in [6.07, 6.45) is 0. The molecule has 0 atom stereocenters. The van der Waals surface area contributed by atoms with Crippen molar-refractivity contribution in [1.29, 1.82) is 0 Å². The number of carbonyl (C=O) groups is 1. The van der Waals surface area contributed by atoms with E-state index in [1.54, 1.807) is 13.0 Å². The zero-order chi connectivity index (χ0) is 13.1. The standard InChI is InChI=1S/C14H16N2O2/c1-3-18-14(17)11-8-12(16-13(11)15)10-6-4-9(2)5-7-10/h4-8,16H,3,15H2,1-2H3. The molecule has 1 heterocycles. The van der Waals surface area contributed by atoms with Crippen LogP contribution in [0, 0.1) is 6.92 Å². The number of carbonyl (C=O) groups excluding carboxylic acids is 1. The Hall–Kier alpha value is -2.23. The number of nitrogens with two attached hydrogens (primary N) is 1. The molecule has 3 N–H and O–H groups in total. The van der Waals surface area contributed by atoms with E-state index in [0.717, 1.165) is 11.3 Å². The number of rotatable bonds is 3. The van der Waals surface area contributed by atoms with Crippen molar-refractivity contribution in [3.63, 3.8) is 0 Å². The third kappa shape index (κ3) is 2.37. The Morgan fingerprint density at radius 3 is 2.61 bits per heavy atom. The van der Waals surface area contributed by atoms with Crippen molar-refractivity contribution in [2.45, 2.75) is 13.8 Å². The second kappa shape index (κ2) is 4.96. The number of aryl methyl sites for hydroxylation is 1. The van der Waals surface area contributed by atoms with Crippen molar-refractivity contribution in [2.75, 3.05) is 12.3 Å². The zero-order valence-electron chi connectivity index (χ0n) is 10.5. The molecule has 4 heteroatoms. The molecule has 0 radical (unpaired) electrons. The number of nitrogen functional groups attached to an aromatic ring is 1. The van der Waals surface area contributed by atoms with Gasteiger partial charge in [-0.3, -0.25) is 0 Å². The normalized spacial score (nSPS) is 10.3. The van der Waals surface area contributed by atoms with Gasteiger partial charge in [0.1, 0.15) is 11.4 Å². The van der Waals surface area contributed by atoms with Crippen LogP contribution in [0.4, 0.5) is 5.82 Å². The minimum atomic E-state index is -0.399. The van der Waals surface area contributed by atoms with Crippen molar-refractivity contribution >= 4 is 11.8 Å². The summed E-state index contributed by atoms with van der Waals surface area (Å²) in [5.74, 6) is -0.0614. The second-order valence-electron chi connectivity index (χ2n) is 4.10. The van der Waals surface area contributed by atoms with Gasteiger partial charge in [0.15, 0.2) is 0 Å². The predicted octanol–water partition coefficient (Wildman–Crippen LogP) is 2.75. The molecular weight excluding hydrogens is 228 g/mol. The van der Waals surface area contributed by atoms with Crippen molar-refractivity contribution < 1.29 is 9.53 Å². The molecule has 0 spiro atoms. The summed E-state index contributed by atoms with van der Waals surface area (Å²) in [4.78, 5) is 14.6. The van der Waals surface area contributed by atoms with Crippen LogP contribution in [0.5, 0.6) is 0 Å². The summed E-state index contributed by atoms with van der Waals surface area (Å²) in [5, 5.41) is 0. The van der Waals surface area contributed by atoms with Gasteiger partial charge in [-0.05, 0) is 25.5 Å². The molecule has 1 aromatic heterocycles. The highest BCUT2D eigenvalue weighted by Gasteiger charge is 2.15. The van der Waals surface area contributed by atoms with Crippen LogP contribution in [0.1, 0.15) is 22.8 Å². The lowest BCUT2D eigenvalue weighted by Gasteiger charge is -1.98. The maximum Gasteiger partial charge on any atom is 0.341 e. The van der Waals surface area contributed by atoms with Gasteiger partial charge in [-0.25, -0.2) is 4.79 Å². The van der Waals surface area contributed by atoms with Crippen LogP contribution in [0.2, 0.25) is 0 Å². The number of nitrogens with one attached hydrogen (secondary N) is 1. The van der Waals surface area contributed by atoms with Crippen LogP contribution in [-0.2, 0) is 4.74 Å². The van der Waals surface area contributed by atoms with E-state index in [2.05, 4.69) is 4.98 Å². The Morgan fingerprint density at radius 1 is 1.33 bits per heavy atom. The van der Waals surface area contributed by atoms with E-state index in [-0.39, 0.29) is 0 Å². The molecule has 18 heavy (non-hydrogen) atoms. The molecule has 0 fully saturated rings. The minimum absolute atomic E-state index is 0.337. The zero-order valence-corrected chi connectivity index (χ0v) is 10.5. The largest absolute Gasteiger partial charge is 0.462 e. The molecule has 0 bridgehead atoms. The van der Waals surface area contributed by atoms with E-state index in [0.29, 0.717) is 18.0 Å². The van der Waals surface area contributed by atoms with E-state index >= 15 is 0 Å². The second-order valence-corrected chi connectivity index (χ2v) is 4.10. The molecule has 0 aliphatic rings. The van der Waals surface area contributed by atoms with Crippen molar-refractivity contribution in [2.24, 2.45) is 0 Å². The topological polar surface area (TPSA) is 68.1 Å². The molecule has 1 aromatic carbocycles. The first-order valence-electron chi connectivity index (χ1n) is 5.84. The molecule has 4 nitrogen and oxygen atoms in total. The Morgan fingerprint density at radius 2 is 2.00 bits per heavy atom. The van der Waals surface area contributed by atoms with Crippen LogP contribution in [0.25, 0.3) is 11.3 Å². The average Bonchev–Trinajstić information content (AvgIpc) is 2.72. The molecule has 0 saturated heterocycles. The van der Waals surface area contributed by atoms with Gasteiger partial charge in [0.2, 0.25) is 0 Å². The number of anilines is 1. The number of esters is 1. The lowest BCUT2D eigenvalue weighted by atomic mass is 10.1. The fourth-order valence-corrected chi connectivity index (χ4v) is 1.74. The molecule has 0 unspecified atom stereocenters. The summed E-state index contributed by atoms with van der Waals surface area (Å²) in [6, 6.07) is 9.70. The van der Waals surface area contributed by atoms with E-state index < -0.39 is 5.97 Å². The van der Waals surface area contributed by atoms with Crippen LogP contribution < -0.4 is 5.73 Å². The highest BCUT2D eigenvalue weighted by molar-refractivity contribution is 5.96. The van der Waals surface area contributed by atoms with Gasteiger partial charge in [-0.15, -0.1) is 0 Å². The maximum absolute atomic E-state index is 11.6. The van der Waals surface area contributed by atoms with Gasteiger partial charge in [-0.1, -0.05) is 29.8 Å². The molecule has 2 rings (SSSR count). The van der Waals surface area contributed by atoms with Crippen molar-refractivity contribution in [3.05, 3.63) is 41.5 Å². The van der Waals surface area contributed by atoms with Gasteiger partial charge in [0, 0.05) is 5.69 Å². The van der Waals surface area contributed by atoms with Crippen LogP contribution in [0.3, 0.4) is 0 Å². The molecule has 0 aliphatic carbocycles. The van der Waals surface area contributed by atoms with Gasteiger partial charge < -0.3 is 15.5 Å². The average molecular weight is 244 g/mol. The number of H-pyrrole nitrogens is 1. The summed E-state index contributed by atoms with van der Waals surface area (Å²) in [7, 11) is 0. The summed E-state index contributed by atoms with van der Waals surface area (Å²) in [6.45, 7) is 4.13. The molecule has 2 aromatic rings. The maximum atomic E-state index is 11.6. The Bertz CT molecular complexity index is 556. The molecule has 0 saturated carbocycles. The first kappa shape index (κ1) is 12.2. The Labute approximate surface area is 106 Å². The first-order valence-corrected chi connectivity index (χ1v) is 5.84. The van der Waals surface area contributed by atoms with Crippen molar-refractivity contribution in [1.82, 2.24) is 4.98 Å². The van der Waals surface area contributed by atoms with Gasteiger partial charge in [-0.2, -0.15) is 0 Å². The molecule has 94 valence electrons. The van der Waals surface area contributed by atoms with Gasteiger partial charge >= 0.3 is 5.97 Å². The molecule has 0 aliphatic heterocycles. The number of benzene rings is 1. The van der Waals surface area contributed by atoms with Crippen LogP contribution >= 0.6 is 0 Å². The Kier molecular flexibility index (Phi) is 3.37. The number of aromatic amines is 1. The first-order chi connectivity index (χ1) is 8.61. The van der Waals surface area contributed by atoms with Crippen molar-refractivity contribution in [3.8, 4) is 11.3 Å². The fourth-order valence-electron chi connectivity index (χ4n) is 1.74. The van der Waals surface area contributed by atoms with Crippen LogP contribution in [0.15, 0.2) is 30.3 Å². The smallest absolute Gasteiger partial charge is 0.341 e. The summed E-state index contributed by atoms with van der Waals surface area (Å²) in [5.41, 5.74) is 9.15. The quantitative estimate of drug-likeness (QED) is 0.816. The summed E-state index contributed by atoms with van der Waals surface area (Å²) >= 11 is 0. The third-order valence-corrected chi connectivity index (χ3v) is 2.71. The number of hydrogen-bond donors (Lipinski definition) is 2. The number of hydrogen-bond acceptors (Lipinski definition) is 3. The summed E-state index contributed by atoms with van der Waals surface area (Å²) < 4.78 is 4.94. The Balaban J connectivity index is 2.34. The highest BCUT2D eigenvalue weighted by Crippen LogP contribution is 2.24. The van der Waals surface area contributed by atoms with Gasteiger partial charge in [0.25, 0.3) is 0 Å². The number of aromatic nitrogens is 1. The number of ether oxygens (including phenoxy) is 1. The van der Waals surface area contributed by atoms with E-state index in [1.165, 1.54) is 5.56 Å². The SMILES string of the molecule is CCOC(=O)c1cc(-c2ccc(C)cc2)[nH]c1N. The monoisotopic (exact) mass is 244 g/mol. The van der Waals surface area contributed by atoms with Crippen LogP contribution in [-0.4, -0.2) is 17.6 Å². The lowest BCUT2D eigenvalue weighted by Crippen LogP contribution is -2.05. The predicted molar refractivity (Wildman–Crippen MR) is 71.3 cm³/mol. The third-order valence-electron chi connectivity index (χ3n) is 2.71. The van der Waals surface area contributed by atoms with Gasteiger partial charge in [0.05, 0.1) is 6.61 Å². The van der Waals surface area contributed by atoms with E-state index in [1.807, 2.05) is 31.2 Å². The lowest BCUT2D eigenvalue weighted by molar-refractivity contribution is 0.0528. The molecule has 0 amide bonds. The van der Waals surface area contributed by atoms with E-state index in [9.17, 15) is 4.79 Å².